The SMILES string of the molecule is CCc1c(NC)ncnc1NC(C)(C)CCO. The maximum atomic E-state index is 9.02. The van der Waals surface area contributed by atoms with Gasteiger partial charge >= 0.3 is 0 Å². The Morgan fingerprint density at radius 1 is 1.29 bits per heavy atom. The van der Waals surface area contributed by atoms with Crippen LogP contribution in [0.25, 0.3) is 0 Å². The number of hydrogen-bond acceptors (Lipinski definition) is 5. The minimum Gasteiger partial charge on any atom is -0.396 e. The minimum absolute atomic E-state index is 0.158. The molecule has 0 aliphatic rings. The zero-order chi connectivity index (χ0) is 12.9. The molecule has 0 aliphatic heterocycles. The molecule has 0 aliphatic carbocycles. The van der Waals surface area contributed by atoms with Crippen LogP contribution in [-0.2, 0) is 6.42 Å². The van der Waals surface area contributed by atoms with Gasteiger partial charge in [0.15, 0.2) is 0 Å². The van der Waals surface area contributed by atoms with Crippen molar-refractivity contribution in [2.24, 2.45) is 0 Å². The predicted molar refractivity (Wildman–Crippen MR) is 70.4 cm³/mol. The Balaban J connectivity index is 2.98. The standard InChI is InChI=1S/C12H22N4O/c1-5-9-10(13-4)14-8-15-11(9)16-12(2,3)6-7-17/h8,17H,5-7H2,1-4H3,(H2,13,14,15,16). The van der Waals surface area contributed by atoms with E-state index >= 15 is 0 Å². The van der Waals surface area contributed by atoms with Gasteiger partial charge in [0.05, 0.1) is 0 Å². The van der Waals surface area contributed by atoms with Gasteiger partial charge < -0.3 is 15.7 Å². The van der Waals surface area contributed by atoms with Gasteiger partial charge in [0.25, 0.3) is 0 Å². The van der Waals surface area contributed by atoms with Crippen molar-refractivity contribution in [3.05, 3.63) is 11.9 Å². The van der Waals surface area contributed by atoms with Crippen molar-refractivity contribution in [3.8, 4) is 0 Å². The Hall–Kier alpha value is -1.36. The second-order valence-corrected chi connectivity index (χ2v) is 4.64. The number of aromatic nitrogens is 2. The van der Waals surface area contributed by atoms with Crippen molar-refractivity contribution in [2.45, 2.75) is 39.2 Å². The number of nitrogens with one attached hydrogen (secondary N) is 2. The van der Waals surface area contributed by atoms with Crippen LogP contribution in [0.3, 0.4) is 0 Å². The first-order valence-corrected chi connectivity index (χ1v) is 5.94. The molecule has 0 bridgehead atoms. The van der Waals surface area contributed by atoms with E-state index in [4.69, 9.17) is 5.11 Å². The summed E-state index contributed by atoms with van der Waals surface area (Å²) in [6.07, 6.45) is 3.08. The average Bonchev–Trinajstić information content (AvgIpc) is 2.27. The average molecular weight is 238 g/mol. The van der Waals surface area contributed by atoms with E-state index in [0.29, 0.717) is 6.42 Å². The molecule has 1 aromatic rings. The molecule has 0 atom stereocenters. The van der Waals surface area contributed by atoms with Crippen molar-refractivity contribution >= 4 is 11.6 Å². The summed E-state index contributed by atoms with van der Waals surface area (Å²) in [5.41, 5.74) is 0.888. The lowest BCUT2D eigenvalue weighted by atomic mass is 10.0. The molecule has 0 saturated carbocycles. The highest BCUT2D eigenvalue weighted by molar-refractivity contribution is 5.57. The van der Waals surface area contributed by atoms with Crippen molar-refractivity contribution in [1.82, 2.24) is 9.97 Å². The minimum atomic E-state index is -0.183. The van der Waals surface area contributed by atoms with Crippen molar-refractivity contribution < 1.29 is 5.11 Å². The fraction of sp³-hybridized carbons (Fsp3) is 0.667. The Kier molecular flexibility index (Phi) is 4.69. The lowest BCUT2D eigenvalue weighted by Gasteiger charge is -2.27. The highest BCUT2D eigenvalue weighted by Gasteiger charge is 2.19. The number of nitrogens with zero attached hydrogens (tertiary/aromatic N) is 2. The quantitative estimate of drug-likeness (QED) is 0.703. The Morgan fingerprint density at radius 3 is 2.47 bits per heavy atom. The zero-order valence-corrected chi connectivity index (χ0v) is 11.0. The summed E-state index contributed by atoms with van der Waals surface area (Å²) < 4.78 is 0. The number of aliphatic hydroxyl groups excluding tert-OH is 1. The topological polar surface area (TPSA) is 70.1 Å². The summed E-state index contributed by atoms with van der Waals surface area (Å²) in [5, 5.41) is 15.4. The van der Waals surface area contributed by atoms with Crippen LogP contribution in [0.2, 0.25) is 0 Å². The smallest absolute Gasteiger partial charge is 0.135 e. The normalized spacial score (nSPS) is 11.4. The van der Waals surface area contributed by atoms with Crippen molar-refractivity contribution in [3.63, 3.8) is 0 Å². The van der Waals surface area contributed by atoms with E-state index in [1.165, 1.54) is 0 Å². The van der Waals surface area contributed by atoms with Crippen LogP contribution < -0.4 is 10.6 Å². The Labute approximate surface area is 103 Å². The van der Waals surface area contributed by atoms with Gasteiger partial charge in [-0.2, -0.15) is 0 Å². The molecule has 1 aromatic heterocycles. The molecule has 5 heteroatoms. The fourth-order valence-corrected chi connectivity index (χ4v) is 1.73. The third-order valence-electron chi connectivity index (χ3n) is 2.73. The van der Waals surface area contributed by atoms with Crippen molar-refractivity contribution in [2.75, 3.05) is 24.3 Å². The first-order valence-electron chi connectivity index (χ1n) is 5.94. The number of aliphatic hydroxyl groups is 1. The molecule has 1 rings (SSSR count). The van der Waals surface area contributed by atoms with E-state index in [-0.39, 0.29) is 12.1 Å². The number of rotatable bonds is 6. The van der Waals surface area contributed by atoms with Gasteiger partial charge in [-0.25, -0.2) is 9.97 Å². The van der Waals surface area contributed by atoms with Crippen LogP contribution >= 0.6 is 0 Å². The van der Waals surface area contributed by atoms with Crippen LogP contribution in [-0.4, -0.2) is 34.3 Å². The molecular formula is C12H22N4O. The third kappa shape index (κ3) is 3.56. The molecule has 17 heavy (non-hydrogen) atoms. The van der Waals surface area contributed by atoms with E-state index < -0.39 is 0 Å². The summed E-state index contributed by atoms with van der Waals surface area (Å²) in [5.74, 6) is 1.69. The zero-order valence-electron chi connectivity index (χ0n) is 11.0. The van der Waals surface area contributed by atoms with E-state index in [1.54, 1.807) is 6.33 Å². The summed E-state index contributed by atoms with van der Waals surface area (Å²) >= 11 is 0. The van der Waals surface area contributed by atoms with Crippen molar-refractivity contribution in [1.29, 1.82) is 0 Å². The lowest BCUT2D eigenvalue weighted by molar-refractivity contribution is 0.260. The van der Waals surface area contributed by atoms with E-state index in [1.807, 2.05) is 20.9 Å². The number of anilines is 2. The molecule has 0 saturated heterocycles. The number of hydrogen-bond donors (Lipinski definition) is 3. The molecule has 96 valence electrons. The predicted octanol–water partition coefficient (Wildman–Crippen LogP) is 1.65. The molecule has 0 unspecified atom stereocenters. The summed E-state index contributed by atoms with van der Waals surface area (Å²) in [6, 6.07) is 0. The third-order valence-corrected chi connectivity index (χ3v) is 2.73. The first-order chi connectivity index (χ1) is 8.04. The largest absolute Gasteiger partial charge is 0.396 e. The maximum absolute atomic E-state index is 9.02. The molecule has 0 radical (unpaired) electrons. The summed E-state index contributed by atoms with van der Waals surface area (Å²) in [7, 11) is 1.85. The van der Waals surface area contributed by atoms with E-state index in [9.17, 15) is 0 Å². The van der Waals surface area contributed by atoms with Crippen LogP contribution in [0.4, 0.5) is 11.6 Å². The molecule has 5 nitrogen and oxygen atoms in total. The molecule has 0 spiro atoms. The lowest BCUT2D eigenvalue weighted by Crippen LogP contribution is -2.33. The van der Waals surface area contributed by atoms with Crippen LogP contribution in [0, 0.1) is 0 Å². The van der Waals surface area contributed by atoms with Crippen LogP contribution in [0.5, 0.6) is 0 Å². The molecular weight excluding hydrogens is 216 g/mol. The van der Waals surface area contributed by atoms with Gasteiger partial charge in [-0.1, -0.05) is 6.92 Å². The van der Waals surface area contributed by atoms with Gasteiger partial charge in [-0.15, -0.1) is 0 Å². The van der Waals surface area contributed by atoms with E-state index in [2.05, 4.69) is 27.5 Å². The van der Waals surface area contributed by atoms with Gasteiger partial charge in [0.1, 0.15) is 18.0 Å². The Bertz CT molecular complexity index is 366. The van der Waals surface area contributed by atoms with Crippen LogP contribution in [0.1, 0.15) is 32.8 Å². The first kappa shape index (κ1) is 13.7. The fourth-order valence-electron chi connectivity index (χ4n) is 1.73. The molecule has 1 heterocycles. The molecule has 0 aromatic carbocycles. The van der Waals surface area contributed by atoms with Gasteiger partial charge in [-0.05, 0) is 26.7 Å². The van der Waals surface area contributed by atoms with E-state index in [0.717, 1.165) is 23.6 Å². The monoisotopic (exact) mass is 238 g/mol. The Morgan fingerprint density at radius 2 is 1.94 bits per heavy atom. The molecule has 3 N–H and O–H groups in total. The van der Waals surface area contributed by atoms with Gasteiger partial charge in [-0.3, -0.25) is 0 Å². The van der Waals surface area contributed by atoms with Crippen LogP contribution in [0.15, 0.2) is 6.33 Å². The maximum Gasteiger partial charge on any atom is 0.135 e. The second kappa shape index (κ2) is 5.82. The molecule has 0 amide bonds. The van der Waals surface area contributed by atoms with Gasteiger partial charge in [0.2, 0.25) is 0 Å². The highest BCUT2D eigenvalue weighted by Crippen LogP contribution is 2.24. The van der Waals surface area contributed by atoms with Gasteiger partial charge in [0, 0.05) is 24.8 Å². The summed E-state index contributed by atoms with van der Waals surface area (Å²) in [6.45, 7) is 6.32. The second-order valence-electron chi connectivity index (χ2n) is 4.64. The highest BCUT2D eigenvalue weighted by atomic mass is 16.3. The molecule has 0 fully saturated rings. The summed E-state index contributed by atoms with van der Waals surface area (Å²) in [4.78, 5) is 8.47.